The molecule has 8 heteroatoms. The lowest BCUT2D eigenvalue weighted by atomic mass is 10.1. The number of benzene rings is 2. The summed E-state index contributed by atoms with van der Waals surface area (Å²) in [6.45, 7) is 2.82. The third kappa shape index (κ3) is 3.93. The van der Waals surface area contributed by atoms with Crippen molar-refractivity contribution in [3.8, 4) is 0 Å². The summed E-state index contributed by atoms with van der Waals surface area (Å²) in [5.74, 6) is 0.431. The molecule has 1 aromatic heterocycles. The molecule has 31 heavy (non-hydrogen) atoms. The number of pyridine rings is 1. The minimum Gasteiger partial charge on any atom is -0.354 e. The predicted octanol–water partition coefficient (Wildman–Crippen LogP) is 4.12. The van der Waals surface area contributed by atoms with Crippen LogP contribution in [0.4, 0.5) is 5.82 Å². The highest BCUT2D eigenvalue weighted by molar-refractivity contribution is 9.10. The number of imide groups is 1. The first-order valence-electron chi connectivity index (χ1n) is 10.2. The number of hydrogen-bond acceptors (Lipinski definition) is 5. The smallest absolute Gasteiger partial charge is 0.261 e. The number of nitrogens with one attached hydrogen (secondary N) is 1. The average Bonchev–Trinajstić information content (AvgIpc) is 3.01. The molecule has 1 atom stereocenters. The fraction of sp³-hybridized carbons (Fsp3) is 0.261. The number of halogens is 2. The number of fused-ring (bicyclic) bond motifs is 2. The Labute approximate surface area is 193 Å². The third-order valence-corrected chi connectivity index (χ3v) is 6.58. The van der Waals surface area contributed by atoms with Gasteiger partial charge in [0, 0.05) is 47.1 Å². The van der Waals surface area contributed by atoms with Crippen molar-refractivity contribution in [2.75, 3.05) is 31.1 Å². The summed E-state index contributed by atoms with van der Waals surface area (Å²) in [6, 6.07) is 15.2. The van der Waals surface area contributed by atoms with Gasteiger partial charge in [0.05, 0.1) is 16.6 Å². The standard InChI is InChI=1S/C23H20BrClN4O2/c24-15-2-5-20-14(11-15)1-6-21(27-20)28-10-8-26-17(13-28)7-9-29-22(30)18-4-3-16(25)12-19(18)23(29)31/h1-6,11-12,17,26H,7-10,13H2. The largest absolute Gasteiger partial charge is 0.354 e. The maximum Gasteiger partial charge on any atom is 0.261 e. The van der Waals surface area contributed by atoms with E-state index in [9.17, 15) is 9.59 Å². The molecule has 0 saturated carbocycles. The van der Waals surface area contributed by atoms with E-state index in [0.29, 0.717) is 29.1 Å². The molecule has 6 nitrogen and oxygen atoms in total. The van der Waals surface area contributed by atoms with Crippen molar-refractivity contribution in [2.24, 2.45) is 0 Å². The molecule has 0 radical (unpaired) electrons. The number of carbonyl (C=O) groups excluding carboxylic acids is 2. The summed E-state index contributed by atoms with van der Waals surface area (Å²) < 4.78 is 1.03. The van der Waals surface area contributed by atoms with Crippen molar-refractivity contribution in [1.29, 1.82) is 0 Å². The zero-order chi connectivity index (χ0) is 21.5. The van der Waals surface area contributed by atoms with Crippen molar-refractivity contribution in [3.05, 3.63) is 69.2 Å². The molecule has 2 aromatic carbocycles. The molecular weight excluding hydrogens is 480 g/mol. The quantitative estimate of drug-likeness (QED) is 0.547. The van der Waals surface area contributed by atoms with Gasteiger partial charge in [0.25, 0.3) is 11.8 Å². The minimum absolute atomic E-state index is 0.157. The van der Waals surface area contributed by atoms with E-state index < -0.39 is 0 Å². The predicted molar refractivity (Wildman–Crippen MR) is 125 cm³/mol. The van der Waals surface area contributed by atoms with E-state index in [1.165, 1.54) is 4.90 Å². The molecule has 3 aromatic rings. The lowest BCUT2D eigenvalue weighted by molar-refractivity contribution is 0.0648. The fourth-order valence-electron chi connectivity index (χ4n) is 4.24. The molecule has 1 unspecified atom stereocenters. The summed E-state index contributed by atoms with van der Waals surface area (Å²) in [7, 11) is 0. The van der Waals surface area contributed by atoms with E-state index in [0.717, 1.165) is 40.8 Å². The SMILES string of the molecule is O=C1c2ccc(Cl)cc2C(=O)N1CCC1CN(c2ccc3cc(Br)ccc3n2)CCN1. The van der Waals surface area contributed by atoms with Gasteiger partial charge in [0.2, 0.25) is 0 Å². The number of piperazine rings is 1. The average molecular weight is 500 g/mol. The Hall–Kier alpha value is -2.48. The number of hydrogen-bond donors (Lipinski definition) is 1. The van der Waals surface area contributed by atoms with Crippen molar-refractivity contribution < 1.29 is 9.59 Å². The maximum atomic E-state index is 12.7. The van der Waals surface area contributed by atoms with E-state index >= 15 is 0 Å². The Balaban J connectivity index is 1.26. The Bertz CT molecular complexity index is 1200. The number of anilines is 1. The van der Waals surface area contributed by atoms with Crippen LogP contribution in [0.1, 0.15) is 27.1 Å². The van der Waals surface area contributed by atoms with Gasteiger partial charge in [-0.2, -0.15) is 0 Å². The highest BCUT2D eigenvalue weighted by Gasteiger charge is 2.36. The van der Waals surface area contributed by atoms with Crippen LogP contribution in [-0.2, 0) is 0 Å². The summed E-state index contributed by atoms with van der Waals surface area (Å²) in [5, 5.41) is 5.05. The zero-order valence-electron chi connectivity index (χ0n) is 16.6. The first-order chi connectivity index (χ1) is 15.0. The van der Waals surface area contributed by atoms with Crippen molar-refractivity contribution in [2.45, 2.75) is 12.5 Å². The first kappa shape index (κ1) is 20.4. The third-order valence-electron chi connectivity index (χ3n) is 5.85. The van der Waals surface area contributed by atoms with Gasteiger partial charge in [0.1, 0.15) is 5.82 Å². The van der Waals surface area contributed by atoms with E-state index in [4.69, 9.17) is 16.6 Å². The van der Waals surface area contributed by atoms with Gasteiger partial charge in [-0.25, -0.2) is 4.98 Å². The minimum atomic E-state index is -0.266. The molecule has 0 spiro atoms. The molecule has 0 aliphatic carbocycles. The van der Waals surface area contributed by atoms with Crippen molar-refractivity contribution >= 4 is 56.1 Å². The van der Waals surface area contributed by atoms with E-state index in [2.05, 4.69) is 38.3 Å². The van der Waals surface area contributed by atoms with E-state index in [1.807, 2.05) is 18.2 Å². The lowest BCUT2D eigenvalue weighted by Gasteiger charge is -2.35. The molecule has 1 N–H and O–H groups in total. The van der Waals surface area contributed by atoms with Crippen LogP contribution in [0.15, 0.2) is 53.0 Å². The Morgan fingerprint density at radius 2 is 1.90 bits per heavy atom. The van der Waals surface area contributed by atoms with Gasteiger partial charge in [-0.1, -0.05) is 27.5 Å². The molecule has 0 bridgehead atoms. The van der Waals surface area contributed by atoms with Gasteiger partial charge < -0.3 is 10.2 Å². The lowest BCUT2D eigenvalue weighted by Crippen LogP contribution is -2.52. The topological polar surface area (TPSA) is 65.5 Å². The number of rotatable bonds is 4. The van der Waals surface area contributed by atoms with Gasteiger partial charge >= 0.3 is 0 Å². The van der Waals surface area contributed by atoms with Crippen LogP contribution in [0.25, 0.3) is 10.9 Å². The highest BCUT2D eigenvalue weighted by Crippen LogP contribution is 2.27. The van der Waals surface area contributed by atoms with Crippen molar-refractivity contribution in [3.63, 3.8) is 0 Å². The highest BCUT2D eigenvalue weighted by atomic mass is 79.9. The summed E-state index contributed by atoms with van der Waals surface area (Å²) in [4.78, 5) is 33.7. The Kier molecular flexibility index (Phi) is 5.42. The Morgan fingerprint density at radius 1 is 1.06 bits per heavy atom. The summed E-state index contributed by atoms with van der Waals surface area (Å²) in [5.41, 5.74) is 1.78. The Morgan fingerprint density at radius 3 is 2.77 bits per heavy atom. The number of nitrogens with zero attached hydrogens (tertiary/aromatic N) is 3. The van der Waals surface area contributed by atoms with Crippen LogP contribution in [0, 0.1) is 0 Å². The molecular formula is C23H20BrClN4O2. The van der Waals surface area contributed by atoms with Crippen LogP contribution < -0.4 is 10.2 Å². The second kappa shape index (κ2) is 8.22. The van der Waals surface area contributed by atoms with Gasteiger partial charge in [-0.05, 0) is 55.0 Å². The van der Waals surface area contributed by atoms with Gasteiger partial charge in [0.15, 0.2) is 0 Å². The molecule has 2 amide bonds. The molecule has 1 fully saturated rings. The van der Waals surface area contributed by atoms with Gasteiger partial charge in [-0.3, -0.25) is 14.5 Å². The monoisotopic (exact) mass is 498 g/mol. The number of aromatic nitrogens is 1. The van der Waals surface area contributed by atoms with Crippen LogP contribution in [0.3, 0.4) is 0 Å². The van der Waals surface area contributed by atoms with E-state index in [1.54, 1.807) is 18.2 Å². The maximum absolute atomic E-state index is 12.7. The summed E-state index contributed by atoms with van der Waals surface area (Å²) in [6.07, 6.45) is 0.677. The second-order valence-electron chi connectivity index (χ2n) is 7.84. The van der Waals surface area contributed by atoms with E-state index in [-0.39, 0.29) is 17.9 Å². The fourth-order valence-corrected chi connectivity index (χ4v) is 4.79. The second-order valence-corrected chi connectivity index (χ2v) is 9.20. The van der Waals surface area contributed by atoms with Crippen LogP contribution >= 0.6 is 27.5 Å². The molecule has 1 saturated heterocycles. The summed E-state index contributed by atoms with van der Waals surface area (Å²) >= 11 is 9.49. The molecule has 5 rings (SSSR count). The normalized spacial score (nSPS) is 18.7. The van der Waals surface area contributed by atoms with Gasteiger partial charge in [-0.15, -0.1) is 0 Å². The zero-order valence-corrected chi connectivity index (χ0v) is 19.0. The van der Waals surface area contributed by atoms with Crippen molar-refractivity contribution in [1.82, 2.24) is 15.2 Å². The molecule has 2 aliphatic heterocycles. The van der Waals surface area contributed by atoms with Crippen LogP contribution in [0.2, 0.25) is 5.02 Å². The number of carbonyl (C=O) groups is 2. The molecule has 158 valence electrons. The van der Waals surface area contributed by atoms with Crippen LogP contribution in [0.5, 0.6) is 0 Å². The first-order valence-corrected chi connectivity index (χ1v) is 11.4. The van der Waals surface area contributed by atoms with Crippen LogP contribution in [-0.4, -0.2) is 53.9 Å². The number of amides is 2. The molecule has 2 aliphatic rings. The molecule has 3 heterocycles.